The lowest BCUT2D eigenvalue weighted by Gasteiger charge is -2.47. The third-order valence-electron chi connectivity index (χ3n) is 11.0. The summed E-state index contributed by atoms with van der Waals surface area (Å²) in [6.45, 7) is 5.09. The number of methoxy groups -OCH3 is 1. The number of carboxylic acids is 1. The lowest BCUT2D eigenvalue weighted by Crippen LogP contribution is -2.53. The SMILES string of the molecule is COCCOP(=O)(O)Oc1ccc2c(c1)C1(CCC(Nc3cccc(Cl)c3)(C(=O)O)CC1)[C@@H](C[C@@H](C)COc1ccnc3c1[C@H](C)CCC3)C2. The van der Waals surface area contributed by atoms with E-state index in [0.29, 0.717) is 48.9 Å². The lowest BCUT2D eigenvalue weighted by molar-refractivity contribution is -0.144. The second kappa shape index (κ2) is 15.2. The number of benzene rings is 2. The molecule has 1 unspecified atom stereocenters. The Morgan fingerprint density at radius 1 is 1.14 bits per heavy atom. The van der Waals surface area contributed by atoms with Crippen molar-refractivity contribution in [2.75, 3.05) is 32.2 Å². The maximum atomic E-state index is 12.9. The van der Waals surface area contributed by atoms with Crippen LogP contribution in [0.5, 0.6) is 11.5 Å². The van der Waals surface area contributed by atoms with E-state index in [1.165, 1.54) is 12.7 Å². The van der Waals surface area contributed by atoms with Crippen molar-refractivity contribution in [1.82, 2.24) is 4.98 Å². The fourth-order valence-electron chi connectivity index (χ4n) is 8.53. The Balaban J connectivity index is 1.25. The zero-order chi connectivity index (χ0) is 35.5. The number of aromatic nitrogens is 1. The van der Waals surface area contributed by atoms with Crippen LogP contribution in [0.15, 0.2) is 54.7 Å². The standard InChI is InChI=1S/C38H48ClN2O8P/c1-25(24-47-34-12-17-40-33-9-4-6-26(2)35(33)34)20-28-21-27-10-11-31(49-50(44,45)48-19-18-46-3)23-32(27)37(28)13-15-38(16-14-37,36(42)43)41-30-8-5-7-29(39)22-30/h5,7-8,10-12,17,22-23,25-26,28,41H,4,6,9,13-16,18-21,24H2,1-3H3,(H,42,43)(H,44,45)/t25-,26-,28+,37?,38?/m1/s1. The van der Waals surface area contributed by atoms with Gasteiger partial charge in [-0.25, -0.2) is 9.36 Å². The summed E-state index contributed by atoms with van der Waals surface area (Å²) in [5, 5.41) is 14.4. The Kier molecular flexibility index (Phi) is 11.2. The van der Waals surface area contributed by atoms with Crippen LogP contribution in [0.4, 0.5) is 5.69 Å². The van der Waals surface area contributed by atoms with Gasteiger partial charge in [0.25, 0.3) is 0 Å². The summed E-state index contributed by atoms with van der Waals surface area (Å²) in [6, 6.07) is 14.7. The average molecular weight is 727 g/mol. The van der Waals surface area contributed by atoms with Crippen molar-refractivity contribution in [3.8, 4) is 11.5 Å². The molecule has 0 bridgehead atoms. The second-order valence-corrected chi connectivity index (χ2v) is 16.2. The number of fused-ring (bicyclic) bond motifs is 3. The van der Waals surface area contributed by atoms with Crippen LogP contribution in [0.25, 0.3) is 0 Å². The topological polar surface area (TPSA) is 136 Å². The summed E-state index contributed by atoms with van der Waals surface area (Å²) in [4.78, 5) is 28.0. The molecule has 1 fully saturated rings. The number of anilines is 1. The average Bonchev–Trinajstić information content (AvgIpc) is 3.36. The first-order valence-electron chi connectivity index (χ1n) is 17.6. The van der Waals surface area contributed by atoms with Crippen molar-refractivity contribution in [3.63, 3.8) is 0 Å². The number of hydrogen-bond acceptors (Lipinski definition) is 8. The summed E-state index contributed by atoms with van der Waals surface area (Å²) >= 11 is 6.25. The molecule has 10 nitrogen and oxygen atoms in total. The monoisotopic (exact) mass is 726 g/mol. The van der Waals surface area contributed by atoms with Crippen LogP contribution in [0.2, 0.25) is 5.02 Å². The van der Waals surface area contributed by atoms with E-state index in [-0.39, 0.29) is 36.2 Å². The van der Waals surface area contributed by atoms with Crippen molar-refractivity contribution in [1.29, 1.82) is 0 Å². The predicted molar refractivity (Wildman–Crippen MR) is 192 cm³/mol. The Morgan fingerprint density at radius 2 is 1.94 bits per heavy atom. The molecule has 0 aliphatic heterocycles. The van der Waals surface area contributed by atoms with Crippen molar-refractivity contribution in [3.05, 3.63) is 82.1 Å². The van der Waals surface area contributed by atoms with Gasteiger partial charge in [0.1, 0.15) is 17.0 Å². The first-order valence-corrected chi connectivity index (χ1v) is 19.5. The zero-order valence-corrected chi connectivity index (χ0v) is 30.7. The predicted octanol–water partition coefficient (Wildman–Crippen LogP) is 8.34. The van der Waals surface area contributed by atoms with Gasteiger partial charge in [-0.1, -0.05) is 37.6 Å². The van der Waals surface area contributed by atoms with Gasteiger partial charge in [-0.2, -0.15) is 0 Å². The molecule has 3 aromatic rings. The molecule has 3 aliphatic carbocycles. The van der Waals surface area contributed by atoms with E-state index in [2.05, 4.69) is 24.1 Å². The lowest BCUT2D eigenvalue weighted by atomic mass is 9.59. The van der Waals surface area contributed by atoms with Crippen LogP contribution in [-0.2, 0) is 36.9 Å². The minimum atomic E-state index is -4.39. The molecule has 0 saturated heterocycles. The Morgan fingerprint density at radius 3 is 2.68 bits per heavy atom. The molecule has 0 amide bonds. The van der Waals surface area contributed by atoms with Crippen LogP contribution >= 0.6 is 19.4 Å². The Labute approximate surface area is 299 Å². The number of carbonyl (C=O) groups is 1. The van der Waals surface area contributed by atoms with Gasteiger partial charge in [-0.15, -0.1) is 0 Å². The van der Waals surface area contributed by atoms with Gasteiger partial charge in [0.2, 0.25) is 0 Å². The summed E-state index contributed by atoms with van der Waals surface area (Å²) in [7, 11) is -2.90. The van der Waals surface area contributed by atoms with Crippen molar-refractivity contribution >= 4 is 31.1 Å². The molecule has 1 aromatic heterocycles. The number of phosphoric acid groups is 1. The molecule has 4 atom stereocenters. The molecule has 3 aliphatic rings. The normalized spacial score (nSPS) is 26.0. The van der Waals surface area contributed by atoms with Crippen molar-refractivity contribution < 1.29 is 37.9 Å². The van der Waals surface area contributed by atoms with Gasteiger partial charge in [0, 0.05) is 35.3 Å². The molecule has 1 spiro atoms. The molecule has 12 heteroatoms. The van der Waals surface area contributed by atoms with E-state index < -0.39 is 19.3 Å². The van der Waals surface area contributed by atoms with E-state index >= 15 is 0 Å². The summed E-state index contributed by atoms with van der Waals surface area (Å²) in [5.41, 5.74) is 3.71. The van der Waals surface area contributed by atoms with Crippen LogP contribution in [-0.4, -0.2) is 53.4 Å². The third kappa shape index (κ3) is 7.85. The van der Waals surface area contributed by atoms with Crippen LogP contribution in [0.1, 0.15) is 87.1 Å². The minimum Gasteiger partial charge on any atom is -0.493 e. The first-order chi connectivity index (χ1) is 23.9. The van der Waals surface area contributed by atoms with Gasteiger partial charge in [-0.3, -0.25) is 14.4 Å². The quantitative estimate of drug-likeness (QED) is 0.110. The maximum Gasteiger partial charge on any atom is 0.527 e. The van der Waals surface area contributed by atoms with Crippen LogP contribution in [0.3, 0.4) is 0 Å². The molecule has 1 saturated carbocycles. The highest BCUT2D eigenvalue weighted by Crippen LogP contribution is 2.57. The molecule has 50 heavy (non-hydrogen) atoms. The highest BCUT2D eigenvalue weighted by atomic mass is 35.5. The molecule has 0 radical (unpaired) electrons. The number of halogens is 1. The number of carboxylic acid groups (broad SMARTS) is 1. The van der Waals surface area contributed by atoms with Gasteiger partial charge in [0.15, 0.2) is 0 Å². The molecular formula is C38H48ClN2O8P. The molecule has 2 aromatic carbocycles. The summed E-state index contributed by atoms with van der Waals surface area (Å²) in [6.07, 6.45) is 8.79. The highest BCUT2D eigenvalue weighted by molar-refractivity contribution is 7.47. The zero-order valence-electron chi connectivity index (χ0n) is 29.0. The molecular weight excluding hydrogens is 679 g/mol. The van der Waals surface area contributed by atoms with Gasteiger partial charge in [-0.05, 0) is 128 Å². The van der Waals surface area contributed by atoms with E-state index in [4.69, 9.17) is 30.1 Å². The van der Waals surface area contributed by atoms with Crippen molar-refractivity contribution in [2.45, 2.75) is 88.5 Å². The number of ether oxygens (including phenoxy) is 2. The first kappa shape index (κ1) is 36.6. The van der Waals surface area contributed by atoms with Crippen LogP contribution < -0.4 is 14.6 Å². The number of aryl methyl sites for hydroxylation is 1. The van der Waals surface area contributed by atoms with Crippen LogP contribution in [0, 0.1) is 11.8 Å². The number of pyridine rings is 1. The second-order valence-electron chi connectivity index (χ2n) is 14.4. The third-order valence-corrected chi connectivity index (χ3v) is 12.2. The Bertz CT molecular complexity index is 1730. The summed E-state index contributed by atoms with van der Waals surface area (Å²) < 4.78 is 34.8. The van der Waals surface area contributed by atoms with Crippen molar-refractivity contribution in [2.24, 2.45) is 11.8 Å². The number of rotatable bonds is 14. The van der Waals surface area contributed by atoms with E-state index in [9.17, 15) is 19.4 Å². The molecule has 3 N–H and O–H groups in total. The maximum absolute atomic E-state index is 12.9. The molecule has 1 heterocycles. The number of nitrogens with one attached hydrogen (secondary N) is 1. The van der Waals surface area contributed by atoms with E-state index in [1.54, 1.807) is 24.3 Å². The number of hydrogen-bond donors (Lipinski definition) is 3. The van der Waals surface area contributed by atoms with E-state index in [1.807, 2.05) is 30.5 Å². The summed E-state index contributed by atoms with van der Waals surface area (Å²) in [5.74, 6) is 1.11. The minimum absolute atomic E-state index is 0.0840. The molecule has 270 valence electrons. The highest BCUT2D eigenvalue weighted by Gasteiger charge is 2.54. The largest absolute Gasteiger partial charge is 0.527 e. The van der Waals surface area contributed by atoms with Gasteiger partial charge < -0.3 is 24.4 Å². The van der Waals surface area contributed by atoms with Gasteiger partial charge >= 0.3 is 13.8 Å². The number of aliphatic carboxylic acids is 1. The Hall–Kier alpha value is -3.14. The molecule has 6 rings (SSSR count). The fourth-order valence-corrected chi connectivity index (χ4v) is 9.46. The van der Waals surface area contributed by atoms with Gasteiger partial charge in [0.05, 0.1) is 19.8 Å². The van der Waals surface area contributed by atoms with E-state index in [0.717, 1.165) is 54.7 Å². The fraction of sp³-hybridized carbons (Fsp3) is 0.526. The number of nitrogens with zero attached hydrogens (tertiary/aromatic N) is 1. The number of phosphoric ester groups is 1. The smallest absolute Gasteiger partial charge is 0.493 e.